The van der Waals surface area contributed by atoms with Crippen LogP contribution >= 0.6 is 35.0 Å². The zero-order valence-corrected chi connectivity index (χ0v) is 12.5. The molecule has 1 heterocycles. The highest BCUT2D eigenvalue weighted by atomic mass is 35.5. The van der Waals surface area contributed by atoms with Crippen molar-refractivity contribution in [2.75, 3.05) is 0 Å². The molecule has 0 saturated carbocycles. The molecular weight excluding hydrogens is 321 g/mol. The third-order valence-electron chi connectivity index (χ3n) is 2.23. The molecular formula is C12H8Cl2N3O2S-. The first-order valence-corrected chi connectivity index (χ1v) is 6.98. The van der Waals surface area contributed by atoms with Crippen LogP contribution in [0.15, 0.2) is 28.3 Å². The Morgan fingerprint density at radius 3 is 2.75 bits per heavy atom. The van der Waals surface area contributed by atoms with Crippen LogP contribution < -0.4 is 5.11 Å². The van der Waals surface area contributed by atoms with E-state index in [1.165, 1.54) is 12.1 Å². The standard InChI is InChI=1S/C12H9Cl2N3O2S/c1-6-15-12(17-16-6)20-10(11(18)19)4-7-2-3-8(13)5-9(7)14/h2-5H,1H3,(H,18,19)(H,15,16,17)/p-1/b10-4+. The van der Waals surface area contributed by atoms with Gasteiger partial charge in [0.1, 0.15) is 5.82 Å². The van der Waals surface area contributed by atoms with Gasteiger partial charge in [0.2, 0.25) is 5.16 Å². The number of hydrogen-bond acceptors (Lipinski definition) is 5. The number of thioether (sulfide) groups is 1. The number of H-pyrrole nitrogens is 1. The third-order valence-corrected chi connectivity index (χ3v) is 3.66. The summed E-state index contributed by atoms with van der Waals surface area (Å²) in [5.74, 6) is -0.738. The highest BCUT2D eigenvalue weighted by molar-refractivity contribution is 8.04. The van der Waals surface area contributed by atoms with Gasteiger partial charge < -0.3 is 9.90 Å². The van der Waals surface area contributed by atoms with Crippen LogP contribution in [0, 0.1) is 6.92 Å². The maximum absolute atomic E-state index is 11.2. The van der Waals surface area contributed by atoms with Crippen LogP contribution in [-0.4, -0.2) is 21.2 Å². The summed E-state index contributed by atoms with van der Waals surface area (Å²) in [6.45, 7) is 1.72. The van der Waals surface area contributed by atoms with E-state index in [2.05, 4.69) is 15.2 Å². The Balaban J connectivity index is 2.32. The minimum atomic E-state index is -1.33. The Bertz CT molecular complexity index is 685. The second kappa shape index (κ2) is 6.30. The Morgan fingerprint density at radius 2 is 2.20 bits per heavy atom. The van der Waals surface area contributed by atoms with Gasteiger partial charge in [-0.3, -0.25) is 5.10 Å². The fourth-order valence-corrected chi connectivity index (χ4v) is 2.56. The van der Waals surface area contributed by atoms with E-state index in [9.17, 15) is 9.90 Å². The lowest BCUT2D eigenvalue weighted by atomic mass is 10.2. The van der Waals surface area contributed by atoms with E-state index >= 15 is 0 Å². The van der Waals surface area contributed by atoms with Crippen LogP contribution in [0.1, 0.15) is 11.4 Å². The molecule has 8 heteroatoms. The van der Waals surface area contributed by atoms with Gasteiger partial charge in [-0.2, -0.15) is 0 Å². The Hall–Kier alpha value is -1.50. The molecule has 2 rings (SSSR count). The number of rotatable bonds is 4. The summed E-state index contributed by atoms with van der Waals surface area (Å²) in [4.78, 5) is 15.1. The summed E-state index contributed by atoms with van der Waals surface area (Å²) in [5.41, 5.74) is 0.523. The molecule has 0 aliphatic heterocycles. The van der Waals surface area contributed by atoms with Crippen LogP contribution in [0.3, 0.4) is 0 Å². The molecule has 0 bridgehead atoms. The first kappa shape index (κ1) is 14.9. The van der Waals surface area contributed by atoms with Crippen molar-refractivity contribution in [3.05, 3.63) is 44.5 Å². The molecule has 104 valence electrons. The van der Waals surface area contributed by atoms with E-state index in [1.54, 1.807) is 19.1 Å². The number of carboxylic acid groups (broad SMARTS) is 1. The van der Waals surface area contributed by atoms with Gasteiger partial charge in [0, 0.05) is 15.0 Å². The summed E-state index contributed by atoms with van der Waals surface area (Å²) < 4.78 is 0. The topological polar surface area (TPSA) is 81.7 Å². The molecule has 1 aromatic heterocycles. The number of nitrogens with zero attached hydrogens (tertiary/aromatic N) is 2. The molecule has 0 amide bonds. The first-order valence-electron chi connectivity index (χ1n) is 5.40. The number of aromatic nitrogens is 3. The second-order valence-corrected chi connectivity index (χ2v) is 5.62. The fraction of sp³-hybridized carbons (Fsp3) is 0.0833. The van der Waals surface area contributed by atoms with E-state index < -0.39 is 5.97 Å². The van der Waals surface area contributed by atoms with Gasteiger partial charge in [-0.15, -0.1) is 5.10 Å². The molecule has 1 aromatic carbocycles. The molecule has 0 unspecified atom stereocenters. The minimum Gasteiger partial charge on any atom is -0.544 e. The average molecular weight is 329 g/mol. The Kier molecular flexibility index (Phi) is 4.69. The van der Waals surface area contributed by atoms with E-state index in [4.69, 9.17) is 23.2 Å². The molecule has 0 saturated heterocycles. The summed E-state index contributed by atoms with van der Waals surface area (Å²) >= 11 is 12.7. The maximum Gasteiger partial charge on any atom is 0.213 e. The molecule has 0 spiro atoms. The smallest absolute Gasteiger partial charge is 0.213 e. The lowest BCUT2D eigenvalue weighted by Crippen LogP contribution is -2.23. The van der Waals surface area contributed by atoms with Gasteiger partial charge in [-0.1, -0.05) is 29.3 Å². The van der Waals surface area contributed by atoms with Crippen LogP contribution in [-0.2, 0) is 4.79 Å². The van der Waals surface area contributed by atoms with Gasteiger partial charge in [0.25, 0.3) is 0 Å². The zero-order valence-electron chi connectivity index (χ0n) is 10.2. The number of benzene rings is 1. The number of halogens is 2. The lowest BCUT2D eigenvalue weighted by Gasteiger charge is -2.07. The quantitative estimate of drug-likeness (QED) is 0.687. The summed E-state index contributed by atoms with van der Waals surface area (Å²) in [6, 6.07) is 4.77. The van der Waals surface area contributed by atoms with Crippen LogP contribution in [0.25, 0.3) is 6.08 Å². The summed E-state index contributed by atoms with van der Waals surface area (Å²) in [7, 11) is 0. The Labute approximate surface area is 129 Å². The molecule has 1 N–H and O–H groups in total. The third kappa shape index (κ3) is 3.75. The number of aryl methyl sites for hydroxylation is 1. The van der Waals surface area contributed by atoms with Crippen LogP contribution in [0.5, 0.6) is 0 Å². The number of aliphatic carboxylic acids is 1. The molecule has 0 aliphatic rings. The normalized spacial score (nSPS) is 11.7. The monoisotopic (exact) mass is 328 g/mol. The largest absolute Gasteiger partial charge is 0.544 e. The van der Waals surface area contributed by atoms with Crippen molar-refractivity contribution in [1.82, 2.24) is 15.2 Å². The maximum atomic E-state index is 11.2. The van der Waals surface area contributed by atoms with Gasteiger partial charge in [0.05, 0.1) is 5.97 Å². The highest BCUT2D eigenvalue weighted by Crippen LogP contribution is 2.28. The highest BCUT2D eigenvalue weighted by Gasteiger charge is 2.08. The van der Waals surface area contributed by atoms with Gasteiger partial charge in [-0.05, 0) is 42.5 Å². The van der Waals surface area contributed by atoms with E-state index in [-0.39, 0.29) is 4.91 Å². The van der Waals surface area contributed by atoms with E-state index in [1.807, 2.05) is 0 Å². The SMILES string of the molecule is Cc1nc(S/C(=C/c2ccc(Cl)cc2Cl)C(=O)[O-])n[nH]1. The van der Waals surface area contributed by atoms with Crippen molar-refractivity contribution in [3.8, 4) is 0 Å². The molecule has 0 aliphatic carbocycles. The Morgan fingerprint density at radius 1 is 1.45 bits per heavy atom. The van der Waals surface area contributed by atoms with E-state index in [0.717, 1.165) is 11.8 Å². The van der Waals surface area contributed by atoms with Crippen molar-refractivity contribution >= 4 is 47.0 Å². The van der Waals surface area contributed by atoms with Crippen molar-refractivity contribution in [3.63, 3.8) is 0 Å². The minimum absolute atomic E-state index is 0.0479. The lowest BCUT2D eigenvalue weighted by molar-refractivity contribution is -0.297. The summed E-state index contributed by atoms with van der Waals surface area (Å²) in [6.07, 6.45) is 1.39. The van der Waals surface area contributed by atoms with Gasteiger partial charge >= 0.3 is 0 Å². The van der Waals surface area contributed by atoms with Gasteiger partial charge in [0.15, 0.2) is 0 Å². The first-order chi connectivity index (χ1) is 9.45. The predicted molar refractivity (Wildman–Crippen MR) is 76.4 cm³/mol. The van der Waals surface area contributed by atoms with E-state index in [0.29, 0.717) is 26.6 Å². The molecule has 0 radical (unpaired) electrons. The molecule has 0 fully saturated rings. The van der Waals surface area contributed by atoms with Crippen molar-refractivity contribution in [2.45, 2.75) is 12.1 Å². The van der Waals surface area contributed by atoms with Crippen molar-refractivity contribution < 1.29 is 9.90 Å². The number of nitrogens with one attached hydrogen (secondary N) is 1. The number of hydrogen-bond donors (Lipinski definition) is 1. The van der Waals surface area contributed by atoms with Crippen LogP contribution in [0.2, 0.25) is 10.0 Å². The molecule has 0 atom stereocenters. The zero-order chi connectivity index (χ0) is 14.7. The van der Waals surface area contributed by atoms with Gasteiger partial charge in [-0.25, -0.2) is 4.98 Å². The molecule has 2 aromatic rings. The van der Waals surface area contributed by atoms with Crippen molar-refractivity contribution in [2.24, 2.45) is 0 Å². The number of carbonyl (C=O) groups is 1. The molecule has 20 heavy (non-hydrogen) atoms. The van der Waals surface area contributed by atoms with Crippen LogP contribution in [0.4, 0.5) is 0 Å². The number of aromatic amines is 1. The second-order valence-electron chi connectivity index (χ2n) is 3.77. The average Bonchev–Trinajstić information content (AvgIpc) is 2.77. The summed E-state index contributed by atoms with van der Waals surface area (Å²) in [5, 5.41) is 18.8. The predicted octanol–water partition coefficient (Wildman–Crippen LogP) is 2.30. The number of carbonyl (C=O) groups excluding carboxylic acids is 1. The molecule has 5 nitrogen and oxygen atoms in total. The fourth-order valence-electron chi connectivity index (χ4n) is 1.36. The van der Waals surface area contributed by atoms with Crippen molar-refractivity contribution in [1.29, 1.82) is 0 Å². The number of carboxylic acids is 1.